The smallest absolute Gasteiger partial charge is 0.407 e. The van der Waals surface area contributed by atoms with Gasteiger partial charge in [-0.15, -0.1) is 0 Å². The molecule has 6 amide bonds. The molecule has 0 saturated carbocycles. The molecular formula is C30H41N9O7. The minimum atomic E-state index is -1.03. The Morgan fingerprint density at radius 3 is 2.35 bits per heavy atom. The summed E-state index contributed by atoms with van der Waals surface area (Å²) >= 11 is 0. The normalized spacial score (nSPS) is 23.8. The summed E-state index contributed by atoms with van der Waals surface area (Å²) in [5.41, 5.74) is 0.727. The van der Waals surface area contributed by atoms with Crippen molar-refractivity contribution in [1.29, 1.82) is 0 Å². The zero-order valence-electron chi connectivity index (χ0n) is 26.4. The summed E-state index contributed by atoms with van der Waals surface area (Å²) in [5.74, 6) is -1.84. The standard InChI is InChI=1S/C30H41N9O7/c1-17(2)13-21-28(43)33-18(3)26-36-25(20-9-6-5-7-10-20)37-39(26)15-23(40)31-11-8-12-38(29(44)22-16-46-30(45)35-22)14-24(41)32-19(4)27(42)34-21/h5-7,9-10,17-19,21-22H,8,11-16H2,1-4H3,(H,31,40)(H,32,41)(H,33,43)(H,34,42)(H,35,45)/t18-,19+,21+,22-/m0/s1. The Labute approximate surface area is 266 Å². The van der Waals surface area contributed by atoms with E-state index in [-0.39, 0.29) is 44.5 Å². The highest BCUT2D eigenvalue weighted by atomic mass is 16.6. The summed E-state index contributed by atoms with van der Waals surface area (Å²) < 4.78 is 6.26. The molecule has 4 rings (SSSR count). The molecule has 5 N–H and O–H groups in total. The largest absolute Gasteiger partial charge is 0.447 e. The molecule has 2 aromatic rings. The Kier molecular flexibility index (Phi) is 11.3. The van der Waals surface area contributed by atoms with Crippen molar-refractivity contribution in [2.75, 3.05) is 26.2 Å². The molecule has 0 aliphatic carbocycles. The van der Waals surface area contributed by atoms with Crippen molar-refractivity contribution < 1.29 is 33.5 Å². The molecule has 4 atom stereocenters. The number of ether oxygens (including phenoxy) is 1. The molecule has 1 fully saturated rings. The lowest BCUT2D eigenvalue weighted by Gasteiger charge is -2.26. The maximum Gasteiger partial charge on any atom is 0.407 e. The number of amides is 6. The molecule has 1 aromatic heterocycles. The molecule has 248 valence electrons. The fourth-order valence-corrected chi connectivity index (χ4v) is 5.10. The molecule has 2 aliphatic heterocycles. The number of hydrogen-bond acceptors (Lipinski definition) is 9. The van der Waals surface area contributed by atoms with Gasteiger partial charge in [-0.25, -0.2) is 14.5 Å². The van der Waals surface area contributed by atoms with Crippen molar-refractivity contribution in [2.24, 2.45) is 5.92 Å². The minimum absolute atomic E-state index is 0.0366. The molecule has 0 bridgehead atoms. The van der Waals surface area contributed by atoms with Crippen molar-refractivity contribution in [1.82, 2.24) is 46.2 Å². The van der Waals surface area contributed by atoms with Gasteiger partial charge in [0.1, 0.15) is 37.1 Å². The minimum Gasteiger partial charge on any atom is -0.447 e. The Bertz CT molecular complexity index is 1450. The highest BCUT2D eigenvalue weighted by Gasteiger charge is 2.34. The van der Waals surface area contributed by atoms with Gasteiger partial charge in [-0.2, -0.15) is 5.10 Å². The second-order valence-electron chi connectivity index (χ2n) is 11.8. The predicted molar refractivity (Wildman–Crippen MR) is 163 cm³/mol. The monoisotopic (exact) mass is 639 g/mol. The van der Waals surface area contributed by atoms with Gasteiger partial charge in [0.05, 0.1) is 12.6 Å². The van der Waals surface area contributed by atoms with Gasteiger partial charge >= 0.3 is 6.09 Å². The van der Waals surface area contributed by atoms with Crippen LogP contribution in [0.25, 0.3) is 11.4 Å². The summed E-state index contributed by atoms with van der Waals surface area (Å²) in [4.78, 5) is 83.2. The number of alkyl carbamates (subject to hydrolysis) is 1. The zero-order valence-corrected chi connectivity index (χ0v) is 26.4. The van der Waals surface area contributed by atoms with Crippen LogP contribution in [0.2, 0.25) is 0 Å². The number of rotatable bonds is 4. The fraction of sp³-hybridized carbons (Fsp3) is 0.533. The van der Waals surface area contributed by atoms with Crippen molar-refractivity contribution in [2.45, 2.75) is 71.2 Å². The van der Waals surface area contributed by atoms with Gasteiger partial charge in [-0.1, -0.05) is 44.2 Å². The van der Waals surface area contributed by atoms with Crippen LogP contribution in [0.3, 0.4) is 0 Å². The van der Waals surface area contributed by atoms with E-state index in [4.69, 9.17) is 4.74 Å². The summed E-state index contributed by atoms with van der Waals surface area (Å²) in [6.07, 6.45) is -0.146. The molecule has 16 nitrogen and oxygen atoms in total. The van der Waals surface area contributed by atoms with Crippen LogP contribution in [0.4, 0.5) is 4.79 Å². The molecule has 1 aromatic carbocycles. The Balaban J connectivity index is 1.61. The number of nitrogens with zero attached hydrogens (tertiary/aromatic N) is 4. The topological polar surface area (TPSA) is 206 Å². The van der Waals surface area contributed by atoms with Gasteiger partial charge in [0, 0.05) is 18.7 Å². The Morgan fingerprint density at radius 1 is 0.935 bits per heavy atom. The number of carbonyl (C=O) groups excluding carboxylic acids is 6. The predicted octanol–water partition coefficient (Wildman–Crippen LogP) is -0.385. The summed E-state index contributed by atoms with van der Waals surface area (Å²) in [6, 6.07) is 5.58. The van der Waals surface area contributed by atoms with Gasteiger partial charge < -0.3 is 36.2 Å². The quantitative estimate of drug-likeness (QED) is 0.295. The number of cyclic esters (lactones) is 1. The Morgan fingerprint density at radius 2 is 1.67 bits per heavy atom. The van der Waals surface area contributed by atoms with Crippen molar-refractivity contribution >= 4 is 35.6 Å². The molecule has 16 heteroatoms. The summed E-state index contributed by atoms with van der Waals surface area (Å²) in [7, 11) is 0. The first-order valence-electron chi connectivity index (χ1n) is 15.3. The first-order chi connectivity index (χ1) is 21.9. The second kappa shape index (κ2) is 15.3. The molecule has 3 heterocycles. The molecule has 1 saturated heterocycles. The lowest BCUT2D eigenvalue weighted by Crippen LogP contribution is -2.55. The molecule has 46 heavy (non-hydrogen) atoms. The number of fused-ring (bicyclic) bond motifs is 1. The van der Waals surface area contributed by atoms with E-state index in [1.807, 2.05) is 44.2 Å². The maximum atomic E-state index is 13.5. The summed E-state index contributed by atoms with van der Waals surface area (Å²) in [6.45, 7) is 6.45. The molecule has 0 spiro atoms. The van der Waals surface area contributed by atoms with E-state index in [1.54, 1.807) is 6.92 Å². The SMILES string of the molecule is CC(C)C[C@H]1NC(=O)[C@@H](C)NC(=O)CN(C(=O)[C@@H]2COC(=O)N2)CCCNC(=O)Cn2nc(-c3ccccc3)nc2[C@H](C)NC1=O. The van der Waals surface area contributed by atoms with Crippen LogP contribution in [-0.4, -0.2) is 99.7 Å². The van der Waals surface area contributed by atoms with E-state index < -0.39 is 60.4 Å². The van der Waals surface area contributed by atoms with Crippen LogP contribution in [0.15, 0.2) is 30.3 Å². The van der Waals surface area contributed by atoms with Gasteiger partial charge in [-0.3, -0.25) is 24.0 Å². The zero-order chi connectivity index (χ0) is 33.4. The van der Waals surface area contributed by atoms with Gasteiger partial charge in [0.15, 0.2) is 5.82 Å². The lowest BCUT2D eigenvalue weighted by atomic mass is 10.0. The average molecular weight is 640 g/mol. The van der Waals surface area contributed by atoms with Crippen LogP contribution >= 0.6 is 0 Å². The number of benzene rings is 1. The van der Waals surface area contributed by atoms with Crippen molar-refractivity contribution in [3.63, 3.8) is 0 Å². The highest BCUT2D eigenvalue weighted by Crippen LogP contribution is 2.19. The molecule has 0 radical (unpaired) electrons. The third kappa shape index (κ3) is 9.01. The molecule has 2 aliphatic rings. The highest BCUT2D eigenvalue weighted by molar-refractivity contribution is 5.94. The fourth-order valence-electron chi connectivity index (χ4n) is 5.10. The second-order valence-corrected chi connectivity index (χ2v) is 11.8. The third-order valence-electron chi connectivity index (χ3n) is 7.43. The number of hydrogen-bond donors (Lipinski definition) is 5. The van der Waals surface area contributed by atoms with E-state index in [9.17, 15) is 28.8 Å². The molecule has 0 unspecified atom stereocenters. The van der Waals surface area contributed by atoms with E-state index in [1.165, 1.54) is 16.5 Å². The van der Waals surface area contributed by atoms with Crippen LogP contribution in [-0.2, 0) is 35.3 Å². The number of nitrogens with one attached hydrogen (secondary N) is 5. The molecular weight excluding hydrogens is 598 g/mol. The number of carbonyl (C=O) groups is 6. The van der Waals surface area contributed by atoms with Crippen molar-refractivity contribution in [3.05, 3.63) is 36.2 Å². The first-order valence-corrected chi connectivity index (χ1v) is 15.3. The third-order valence-corrected chi connectivity index (χ3v) is 7.43. The van der Waals surface area contributed by atoms with E-state index in [0.717, 1.165) is 5.56 Å². The maximum absolute atomic E-state index is 13.5. The Hall–Kier alpha value is -5.02. The van der Waals surface area contributed by atoms with Crippen LogP contribution in [0.1, 0.15) is 52.4 Å². The summed E-state index contributed by atoms with van der Waals surface area (Å²) in [5, 5.41) is 18.0. The van der Waals surface area contributed by atoms with Crippen LogP contribution in [0.5, 0.6) is 0 Å². The first kappa shape index (κ1) is 33.9. The van der Waals surface area contributed by atoms with Crippen molar-refractivity contribution in [3.8, 4) is 11.4 Å². The van der Waals surface area contributed by atoms with E-state index >= 15 is 0 Å². The van der Waals surface area contributed by atoms with Gasteiger partial charge in [0.2, 0.25) is 29.5 Å². The lowest BCUT2D eigenvalue weighted by molar-refractivity contribution is -0.138. The number of aromatic nitrogens is 3. The van der Waals surface area contributed by atoms with Crippen LogP contribution in [0, 0.1) is 5.92 Å². The van der Waals surface area contributed by atoms with Crippen LogP contribution < -0.4 is 26.6 Å². The van der Waals surface area contributed by atoms with E-state index in [0.29, 0.717) is 18.1 Å². The average Bonchev–Trinajstić information content (AvgIpc) is 3.64. The van der Waals surface area contributed by atoms with E-state index in [2.05, 4.69) is 36.7 Å². The van der Waals surface area contributed by atoms with Gasteiger partial charge in [0.25, 0.3) is 0 Å². The van der Waals surface area contributed by atoms with Gasteiger partial charge in [-0.05, 0) is 32.6 Å².